The molecule has 0 aliphatic carbocycles. The predicted octanol–water partition coefficient (Wildman–Crippen LogP) is 2.86. The van der Waals surface area contributed by atoms with Gasteiger partial charge in [-0.2, -0.15) is 0 Å². The Hall–Kier alpha value is -0.0500. The summed E-state index contributed by atoms with van der Waals surface area (Å²) < 4.78 is 0. The average molecular weight is 250 g/mol. The Morgan fingerprint density at radius 1 is 1.23 bits per heavy atom. The van der Waals surface area contributed by atoms with Gasteiger partial charge in [-0.15, -0.1) is 0 Å². The van der Waals surface area contributed by atoms with Gasteiger partial charge in [-0.25, -0.2) is 0 Å². The van der Waals surface area contributed by atoms with Crippen LogP contribution in [0.4, 0.5) is 0 Å². The van der Waals surface area contributed by atoms with E-state index < -0.39 is 0 Å². The van der Waals surface area contributed by atoms with Crippen LogP contribution in [0.3, 0.4) is 0 Å². The topological polar surface area (TPSA) is 29.1 Å². The Morgan fingerprint density at radius 3 is 2.62 bits per heavy atom. The van der Waals surface area contributed by atoms with E-state index >= 15 is 0 Å². The maximum absolute atomic E-state index is 11.1. The number of alkyl halides is 1. The van der Waals surface area contributed by atoms with Crippen LogP contribution in [0, 0.1) is 0 Å². The van der Waals surface area contributed by atoms with E-state index in [1.54, 1.807) is 0 Å². The first-order valence-electron chi connectivity index (χ1n) is 5.14. The van der Waals surface area contributed by atoms with Crippen molar-refractivity contribution in [2.24, 2.45) is 0 Å². The van der Waals surface area contributed by atoms with Crippen molar-refractivity contribution in [3.8, 4) is 0 Å². The standard InChI is InChI=1S/C10H20BrNO/c1-2-3-7-10(13)12-9-6-4-5-8-11/h2-9H2,1H3,(H,12,13). The van der Waals surface area contributed by atoms with E-state index in [1.165, 1.54) is 12.8 Å². The molecule has 0 spiro atoms. The van der Waals surface area contributed by atoms with Gasteiger partial charge in [-0.3, -0.25) is 4.79 Å². The number of amides is 1. The van der Waals surface area contributed by atoms with Crippen LogP contribution in [-0.2, 0) is 4.79 Å². The number of carbonyl (C=O) groups excluding carboxylic acids is 1. The van der Waals surface area contributed by atoms with E-state index in [9.17, 15) is 4.79 Å². The Balaban J connectivity index is 3.08. The summed E-state index contributed by atoms with van der Waals surface area (Å²) >= 11 is 3.38. The molecule has 0 aromatic rings. The van der Waals surface area contributed by atoms with Crippen molar-refractivity contribution in [3.05, 3.63) is 0 Å². The van der Waals surface area contributed by atoms with E-state index in [4.69, 9.17) is 0 Å². The van der Waals surface area contributed by atoms with E-state index in [-0.39, 0.29) is 5.91 Å². The van der Waals surface area contributed by atoms with Gasteiger partial charge in [0.05, 0.1) is 0 Å². The van der Waals surface area contributed by atoms with Crippen LogP contribution in [-0.4, -0.2) is 17.8 Å². The fraction of sp³-hybridized carbons (Fsp3) is 0.900. The fourth-order valence-electron chi connectivity index (χ4n) is 1.05. The summed E-state index contributed by atoms with van der Waals surface area (Å²) in [6.07, 6.45) is 6.28. The highest BCUT2D eigenvalue weighted by Crippen LogP contribution is 1.98. The van der Waals surface area contributed by atoms with E-state index in [0.717, 1.165) is 31.1 Å². The van der Waals surface area contributed by atoms with Crippen molar-refractivity contribution in [1.29, 1.82) is 0 Å². The number of unbranched alkanes of at least 4 members (excludes halogenated alkanes) is 3. The molecular weight excluding hydrogens is 230 g/mol. The molecule has 0 radical (unpaired) electrons. The number of carbonyl (C=O) groups is 1. The number of nitrogens with one attached hydrogen (secondary N) is 1. The summed E-state index contributed by atoms with van der Waals surface area (Å²) in [7, 11) is 0. The van der Waals surface area contributed by atoms with Crippen molar-refractivity contribution in [2.45, 2.75) is 45.4 Å². The number of halogens is 1. The molecule has 13 heavy (non-hydrogen) atoms. The van der Waals surface area contributed by atoms with Crippen LogP contribution >= 0.6 is 15.9 Å². The van der Waals surface area contributed by atoms with Gasteiger partial charge in [-0.1, -0.05) is 35.7 Å². The summed E-state index contributed by atoms with van der Waals surface area (Å²) in [4.78, 5) is 11.1. The molecule has 0 aromatic heterocycles. The number of hydrogen-bond acceptors (Lipinski definition) is 1. The normalized spacial score (nSPS) is 10.0. The Kier molecular flexibility index (Phi) is 10.00. The summed E-state index contributed by atoms with van der Waals surface area (Å²) in [5.74, 6) is 0.209. The third-order valence-corrected chi connectivity index (χ3v) is 2.45. The molecule has 0 aliphatic rings. The van der Waals surface area contributed by atoms with Crippen LogP contribution in [0.15, 0.2) is 0 Å². The minimum atomic E-state index is 0.209. The SMILES string of the molecule is CCCCC(=O)NCCCCCBr. The zero-order chi connectivity index (χ0) is 9.94. The second kappa shape index (κ2) is 10.0. The average Bonchev–Trinajstić information content (AvgIpc) is 2.14. The second-order valence-electron chi connectivity index (χ2n) is 3.20. The molecule has 3 heteroatoms. The largest absolute Gasteiger partial charge is 0.356 e. The molecule has 1 N–H and O–H groups in total. The molecule has 0 unspecified atom stereocenters. The van der Waals surface area contributed by atoms with Gasteiger partial charge in [0.1, 0.15) is 0 Å². The molecule has 0 saturated heterocycles. The minimum Gasteiger partial charge on any atom is -0.356 e. The van der Waals surface area contributed by atoms with Crippen LogP contribution in [0.1, 0.15) is 45.4 Å². The lowest BCUT2D eigenvalue weighted by Gasteiger charge is -2.03. The van der Waals surface area contributed by atoms with Gasteiger partial charge >= 0.3 is 0 Å². The lowest BCUT2D eigenvalue weighted by atomic mass is 10.2. The van der Waals surface area contributed by atoms with Crippen LogP contribution < -0.4 is 5.32 Å². The predicted molar refractivity (Wildman–Crippen MR) is 60.2 cm³/mol. The Bertz CT molecular complexity index is 128. The molecule has 78 valence electrons. The van der Waals surface area contributed by atoms with Gasteiger partial charge in [0.25, 0.3) is 0 Å². The number of rotatable bonds is 8. The fourth-order valence-corrected chi connectivity index (χ4v) is 1.45. The monoisotopic (exact) mass is 249 g/mol. The van der Waals surface area contributed by atoms with Crippen molar-refractivity contribution < 1.29 is 4.79 Å². The quantitative estimate of drug-likeness (QED) is 0.521. The molecule has 0 heterocycles. The first-order chi connectivity index (χ1) is 6.31. The van der Waals surface area contributed by atoms with Crippen LogP contribution in [0.25, 0.3) is 0 Å². The number of hydrogen-bond donors (Lipinski definition) is 1. The smallest absolute Gasteiger partial charge is 0.219 e. The highest BCUT2D eigenvalue weighted by atomic mass is 79.9. The zero-order valence-electron chi connectivity index (χ0n) is 8.44. The maximum atomic E-state index is 11.1. The highest BCUT2D eigenvalue weighted by molar-refractivity contribution is 9.09. The lowest BCUT2D eigenvalue weighted by molar-refractivity contribution is -0.121. The third kappa shape index (κ3) is 9.87. The zero-order valence-corrected chi connectivity index (χ0v) is 10.0. The molecule has 0 saturated carbocycles. The molecule has 0 fully saturated rings. The molecule has 0 aromatic carbocycles. The van der Waals surface area contributed by atoms with E-state index in [0.29, 0.717) is 6.42 Å². The second-order valence-corrected chi connectivity index (χ2v) is 4.00. The summed E-state index contributed by atoms with van der Waals surface area (Å²) in [6, 6.07) is 0. The highest BCUT2D eigenvalue weighted by Gasteiger charge is 1.97. The van der Waals surface area contributed by atoms with Crippen LogP contribution in [0.5, 0.6) is 0 Å². The van der Waals surface area contributed by atoms with Gasteiger partial charge in [0, 0.05) is 18.3 Å². The third-order valence-electron chi connectivity index (χ3n) is 1.89. The molecule has 0 aliphatic heterocycles. The molecule has 1 amide bonds. The summed E-state index contributed by atoms with van der Waals surface area (Å²) in [5.41, 5.74) is 0. The van der Waals surface area contributed by atoms with Gasteiger partial charge in [0.2, 0.25) is 5.91 Å². The molecule has 0 bridgehead atoms. The van der Waals surface area contributed by atoms with E-state index in [2.05, 4.69) is 28.2 Å². The van der Waals surface area contributed by atoms with Crippen molar-refractivity contribution >= 4 is 21.8 Å². The molecular formula is C10H20BrNO. The van der Waals surface area contributed by atoms with Gasteiger partial charge in [-0.05, 0) is 19.3 Å². The summed E-state index contributed by atoms with van der Waals surface area (Å²) in [6.45, 7) is 2.94. The Morgan fingerprint density at radius 2 is 2.00 bits per heavy atom. The maximum Gasteiger partial charge on any atom is 0.219 e. The summed E-state index contributed by atoms with van der Waals surface area (Å²) in [5, 5.41) is 3.99. The molecule has 2 nitrogen and oxygen atoms in total. The minimum absolute atomic E-state index is 0.209. The van der Waals surface area contributed by atoms with Crippen LogP contribution in [0.2, 0.25) is 0 Å². The van der Waals surface area contributed by atoms with E-state index in [1.807, 2.05) is 0 Å². The molecule has 0 atom stereocenters. The Labute approximate surface area is 89.6 Å². The van der Waals surface area contributed by atoms with Crippen molar-refractivity contribution in [3.63, 3.8) is 0 Å². The van der Waals surface area contributed by atoms with Gasteiger partial charge < -0.3 is 5.32 Å². The lowest BCUT2D eigenvalue weighted by Crippen LogP contribution is -2.23. The van der Waals surface area contributed by atoms with Gasteiger partial charge in [0.15, 0.2) is 0 Å². The van der Waals surface area contributed by atoms with Crippen molar-refractivity contribution in [2.75, 3.05) is 11.9 Å². The molecule has 0 rings (SSSR count). The first kappa shape index (κ1) is 12.9. The first-order valence-corrected chi connectivity index (χ1v) is 6.26. The van der Waals surface area contributed by atoms with Crippen molar-refractivity contribution in [1.82, 2.24) is 5.32 Å².